The molecule has 0 radical (unpaired) electrons. The van der Waals surface area contributed by atoms with Crippen LogP contribution >= 0.6 is 27.3 Å². The lowest BCUT2D eigenvalue weighted by molar-refractivity contribution is 0.405. The van der Waals surface area contributed by atoms with Crippen LogP contribution in [0.25, 0.3) is 0 Å². The number of thiophene rings is 1. The number of hydrogen-bond acceptors (Lipinski definition) is 3. The fraction of sp³-hybridized carbons (Fsp3) is 0.643. The maximum absolute atomic E-state index is 9.05. The van der Waals surface area contributed by atoms with E-state index in [2.05, 4.69) is 66.5 Å². The van der Waals surface area contributed by atoms with Crippen LogP contribution in [0.4, 0.5) is 0 Å². The van der Waals surface area contributed by atoms with E-state index in [1.807, 2.05) is 0 Å². The van der Waals surface area contributed by atoms with Crippen molar-refractivity contribution in [1.82, 2.24) is 5.32 Å². The normalized spacial score (nSPS) is 13.6. The highest BCUT2D eigenvalue weighted by atomic mass is 79.9. The minimum atomic E-state index is 0.0934. The first kappa shape index (κ1) is 15.7. The van der Waals surface area contributed by atoms with Gasteiger partial charge >= 0.3 is 0 Å². The highest BCUT2D eigenvalue weighted by Crippen LogP contribution is 2.31. The van der Waals surface area contributed by atoms with Crippen molar-refractivity contribution in [3.8, 4) is 6.07 Å². The third kappa shape index (κ3) is 4.38. The van der Waals surface area contributed by atoms with Crippen molar-refractivity contribution in [2.75, 3.05) is 13.1 Å². The summed E-state index contributed by atoms with van der Waals surface area (Å²) < 4.78 is 1.15. The monoisotopic (exact) mass is 328 g/mol. The van der Waals surface area contributed by atoms with Crippen molar-refractivity contribution in [3.63, 3.8) is 0 Å². The second-order valence-electron chi connectivity index (χ2n) is 5.62. The topological polar surface area (TPSA) is 35.8 Å². The van der Waals surface area contributed by atoms with Gasteiger partial charge in [0, 0.05) is 33.2 Å². The predicted molar refractivity (Wildman–Crippen MR) is 81.9 cm³/mol. The smallest absolute Gasteiger partial charge is 0.0671 e. The molecule has 1 heterocycles. The molecule has 0 spiro atoms. The molecule has 0 aromatic carbocycles. The van der Waals surface area contributed by atoms with Gasteiger partial charge in [0.25, 0.3) is 0 Å². The first-order valence-electron chi connectivity index (χ1n) is 6.21. The van der Waals surface area contributed by atoms with Crippen LogP contribution in [0.5, 0.6) is 0 Å². The third-order valence-electron chi connectivity index (χ3n) is 3.14. The zero-order chi connectivity index (χ0) is 13.8. The van der Waals surface area contributed by atoms with E-state index < -0.39 is 0 Å². The van der Waals surface area contributed by atoms with Crippen molar-refractivity contribution in [2.24, 2.45) is 11.8 Å². The van der Waals surface area contributed by atoms with Crippen LogP contribution in [0.1, 0.15) is 32.6 Å². The molecule has 1 unspecified atom stereocenters. The summed E-state index contributed by atoms with van der Waals surface area (Å²) in [5, 5.41) is 14.6. The minimum absolute atomic E-state index is 0.0934. The van der Waals surface area contributed by atoms with Gasteiger partial charge in [-0.15, -0.1) is 11.3 Å². The summed E-state index contributed by atoms with van der Waals surface area (Å²) in [6.07, 6.45) is 0. The van der Waals surface area contributed by atoms with Gasteiger partial charge in [-0.25, -0.2) is 0 Å². The van der Waals surface area contributed by atoms with Crippen LogP contribution in [0.2, 0.25) is 0 Å². The zero-order valence-electron chi connectivity index (χ0n) is 11.5. The average molecular weight is 329 g/mol. The van der Waals surface area contributed by atoms with Crippen molar-refractivity contribution in [3.05, 3.63) is 20.8 Å². The molecular weight excluding hydrogens is 308 g/mol. The van der Waals surface area contributed by atoms with E-state index in [0.29, 0.717) is 5.92 Å². The summed E-state index contributed by atoms with van der Waals surface area (Å²) in [5.41, 5.74) is 0.105. The number of rotatable bonds is 6. The molecule has 0 aliphatic rings. The number of nitrogens with one attached hydrogen (secondary N) is 1. The second kappa shape index (κ2) is 6.70. The lowest BCUT2D eigenvalue weighted by Crippen LogP contribution is -2.35. The molecule has 100 valence electrons. The van der Waals surface area contributed by atoms with Gasteiger partial charge in [-0.05, 0) is 27.9 Å². The van der Waals surface area contributed by atoms with E-state index in [-0.39, 0.29) is 11.3 Å². The second-order valence-corrected chi connectivity index (χ2v) is 7.45. The van der Waals surface area contributed by atoms with Crippen molar-refractivity contribution >= 4 is 27.3 Å². The van der Waals surface area contributed by atoms with Crippen molar-refractivity contribution in [1.29, 1.82) is 5.26 Å². The van der Waals surface area contributed by atoms with E-state index in [1.165, 1.54) is 4.88 Å². The van der Waals surface area contributed by atoms with Crippen LogP contribution in [-0.2, 0) is 5.41 Å². The molecule has 1 aromatic rings. The molecule has 1 atom stereocenters. The van der Waals surface area contributed by atoms with Crippen LogP contribution in [0, 0.1) is 23.2 Å². The molecule has 0 saturated heterocycles. The Labute approximate surface area is 123 Å². The highest BCUT2D eigenvalue weighted by molar-refractivity contribution is 9.10. The summed E-state index contributed by atoms with van der Waals surface area (Å²) in [6.45, 7) is 10.3. The number of hydrogen-bond donors (Lipinski definition) is 1. The standard InChI is InChI=1S/C14H21BrN2S/c1-10(2)11(6-16)7-17-9-14(3,4)13-5-12(15)8-18-13/h5,8,10-11,17H,7,9H2,1-4H3. The Morgan fingerprint density at radius 2 is 2.17 bits per heavy atom. The number of nitrogens with zero attached hydrogens (tertiary/aromatic N) is 1. The molecule has 0 amide bonds. The van der Waals surface area contributed by atoms with E-state index in [4.69, 9.17) is 5.26 Å². The van der Waals surface area contributed by atoms with Gasteiger partial charge in [-0.3, -0.25) is 0 Å². The SMILES string of the molecule is CC(C)C(C#N)CNCC(C)(C)c1cc(Br)cs1. The summed E-state index contributed by atoms with van der Waals surface area (Å²) in [4.78, 5) is 1.36. The summed E-state index contributed by atoms with van der Waals surface area (Å²) in [7, 11) is 0. The Hall–Kier alpha value is -0.370. The number of nitriles is 1. The third-order valence-corrected chi connectivity index (χ3v) is 5.19. The van der Waals surface area contributed by atoms with E-state index in [9.17, 15) is 0 Å². The molecule has 1 aromatic heterocycles. The van der Waals surface area contributed by atoms with Crippen molar-refractivity contribution in [2.45, 2.75) is 33.1 Å². The Balaban J connectivity index is 2.50. The molecule has 1 N–H and O–H groups in total. The average Bonchev–Trinajstić information content (AvgIpc) is 2.71. The number of halogens is 1. The summed E-state index contributed by atoms with van der Waals surface area (Å²) in [5.74, 6) is 0.498. The Morgan fingerprint density at radius 3 is 2.61 bits per heavy atom. The molecule has 4 heteroatoms. The highest BCUT2D eigenvalue weighted by Gasteiger charge is 2.23. The molecule has 0 aliphatic heterocycles. The minimum Gasteiger partial charge on any atom is -0.315 e. The van der Waals surface area contributed by atoms with Crippen LogP contribution in [-0.4, -0.2) is 13.1 Å². The van der Waals surface area contributed by atoms with Gasteiger partial charge in [0.15, 0.2) is 0 Å². The van der Waals surface area contributed by atoms with Gasteiger partial charge in [-0.2, -0.15) is 5.26 Å². The fourth-order valence-electron chi connectivity index (χ4n) is 1.73. The van der Waals surface area contributed by atoms with Crippen LogP contribution in [0.15, 0.2) is 15.9 Å². The zero-order valence-corrected chi connectivity index (χ0v) is 13.9. The van der Waals surface area contributed by atoms with E-state index in [0.717, 1.165) is 17.6 Å². The maximum Gasteiger partial charge on any atom is 0.0671 e. The van der Waals surface area contributed by atoms with Gasteiger partial charge in [0.2, 0.25) is 0 Å². The molecular formula is C14H21BrN2S. The molecule has 1 rings (SSSR count). The van der Waals surface area contributed by atoms with Crippen LogP contribution < -0.4 is 5.32 Å². The van der Waals surface area contributed by atoms with Gasteiger partial charge in [0.05, 0.1) is 12.0 Å². The van der Waals surface area contributed by atoms with Crippen LogP contribution in [0.3, 0.4) is 0 Å². The maximum atomic E-state index is 9.05. The summed E-state index contributed by atoms with van der Waals surface area (Å²) in [6, 6.07) is 4.54. The predicted octanol–water partition coefficient (Wildman–Crippen LogP) is 4.17. The molecule has 0 fully saturated rings. The Kier molecular flexibility index (Phi) is 5.84. The van der Waals surface area contributed by atoms with Gasteiger partial charge < -0.3 is 5.32 Å². The quantitative estimate of drug-likeness (QED) is 0.850. The van der Waals surface area contributed by atoms with Crippen molar-refractivity contribution < 1.29 is 0 Å². The lowest BCUT2D eigenvalue weighted by atomic mass is 9.90. The molecule has 2 nitrogen and oxygen atoms in total. The first-order chi connectivity index (χ1) is 8.36. The fourth-order valence-corrected chi connectivity index (χ4v) is 3.28. The largest absolute Gasteiger partial charge is 0.315 e. The Bertz CT molecular complexity index is 418. The molecule has 0 bridgehead atoms. The van der Waals surface area contributed by atoms with Gasteiger partial charge in [0.1, 0.15) is 0 Å². The lowest BCUT2D eigenvalue weighted by Gasteiger charge is -2.25. The van der Waals surface area contributed by atoms with Gasteiger partial charge in [-0.1, -0.05) is 27.7 Å². The Morgan fingerprint density at radius 1 is 1.50 bits per heavy atom. The van der Waals surface area contributed by atoms with E-state index in [1.54, 1.807) is 11.3 Å². The molecule has 0 saturated carbocycles. The molecule has 0 aliphatic carbocycles. The first-order valence-corrected chi connectivity index (χ1v) is 7.89. The van der Waals surface area contributed by atoms with E-state index >= 15 is 0 Å². The summed E-state index contributed by atoms with van der Waals surface area (Å²) >= 11 is 5.27. The molecule has 18 heavy (non-hydrogen) atoms.